The van der Waals surface area contributed by atoms with Gasteiger partial charge in [-0.05, 0) is 61.9 Å². The number of benzene rings is 2. The fourth-order valence-corrected chi connectivity index (χ4v) is 4.69. The number of anilines is 1. The van der Waals surface area contributed by atoms with E-state index in [0.29, 0.717) is 30.1 Å². The van der Waals surface area contributed by atoms with Crippen molar-refractivity contribution < 1.29 is 4.74 Å². The summed E-state index contributed by atoms with van der Waals surface area (Å²) in [5.74, 6) is 2.15. The van der Waals surface area contributed by atoms with Crippen LogP contribution in [0, 0.1) is 0 Å². The number of ether oxygens (including phenoxy) is 1. The molecule has 0 amide bonds. The Labute approximate surface area is 227 Å². The van der Waals surface area contributed by atoms with Gasteiger partial charge >= 0.3 is 5.69 Å². The minimum absolute atomic E-state index is 0. The van der Waals surface area contributed by atoms with E-state index in [1.165, 1.54) is 10.3 Å². The van der Waals surface area contributed by atoms with E-state index >= 15 is 0 Å². The zero-order chi connectivity index (χ0) is 25.9. The SMILES string of the molecule is CCn1c(=O)c2c(nc(C=Cc3ccc(Oc4ccc(N5CCNCC5)cc4)cc3)n2C)n(CC)c1=O.Cl. The lowest BCUT2D eigenvalue weighted by molar-refractivity contribution is 0.482. The summed E-state index contributed by atoms with van der Waals surface area (Å²) in [6.07, 6.45) is 3.78. The molecule has 2 aromatic heterocycles. The standard InChI is InChI=1S/C28H32N6O3.ClH/c1-4-33-26-25(27(35)34(5-2)28(33)36)31(3)24(30-26)15-8-20-6-11-22(12-7-20)37-23-13-9-21(10-14-23)32-18-16-29-17-19-32;/h6-15,29H,4-5,16-19H2,1-3H3;1H. The highest BCUT2D eigenvalue weighted by Gasteiger charge is 2.17. The van der Waals surface area contributed by atoms with Crippen LogP contribution in [0.3, 0.4) is 0 Å². The van der Waals surface area contributed by atoms with Crippen molar-refractivity contribution in [3.05, 3.63) is 80.8 Å². The molecule has 5 rings (SSSR count). The summed E-state index contributed by atoms with van der Waals surface area (Å²) in [6.45, 7) is 8.47. The molecule has 4 aromatic rings. The summed E-state index contributed by atoms with van der Waals surface area (Å²) in [7, 11) is 1.80. The second-order valence-corrected chi connectivity index (χ2v) is 9.01. The normalized spacial score (nSPS) is 13.7. The minimum Gasteiger partial charge on any atom is -0.457 e. The Morgan fingerprint density at radius 1 is 0.895 bits per heavy atom. The van der Waals surface area contributed by atoms with Crippen LogP contribution >= 0.6 is 12.4 Å². The van der Waals surface area contributed by atoms with E-state index in [0.717, 1.165) is 43.2 Å². The Kier molecular flexibility index (Phi) is 8.38. The van der Waals surface area contributed by atoms with E-state index in [9.17, 15) is 9.59 Å². The van der Waals surface area contributed by atoms with E-state index in [1.807, 2.05) is 55.5 Å². The van der Waals surface area contributed by atoms with Gasteiger partial charge in [-0.15, -0.1) is 12.4 Å². The molecule has 0 aliphatic carbocycles. The van der Waals surface area contributed by atoms with Crippen molar-refractivity contribution in [3.8, 4) is 11.5 Å². The van der Waals surface area contributed by atoms with Crippen LogP contribution in [0.15, 0.2) is 58.1 Å². The molecular formula is C28H33ClN6O3. The third-order valence-corrected chi connectivity index (χ3v) is 6.77. The van der Waals surface area contributed by atoms with Crippen molar-refractivity contribution in [2.45, 2.75) is 26.9 Å². The highest BCUT2D eigenvalue weighted by molar-refractivity contribution is 5.85. The summed E-state index contributed by atoms with van der Waals surface area (Å²) in [6, 6.07) is 16.0. The number of rotatable bonds is 7. The predicted molar refractivity (Wildman–Crippen MR) is 155 cm³/mol. The third kappa shape index (κ3) is 5.25. The number of halogens is 1. The molecule has 200 valence electrons. The van der Waals surface area contributed by atoms with E-state index in [2.05, 4.69) is 27.3 Å². The summed E-state index contributed by atoms with van der Waals surface area (Å²) in [5, 5.41) is 3.37. The molecule has 0 spiro atoms. The Balaban J connectivity index is 0.00000336. The van der Waals surface area contributed by atoms with E-state index in [1.54, 1.807) is 23.1 Å². The van der Waals surface area contributed by atoms with Crippen molar-refractivity contribution in [3.63, 3.8) is 0 Å². The van der Waals surface area contributed by atoms with Crippen LogP contribution in [-0.2, 0) is 20.1 Å². The van der Waals surface area contributed by atoms with E-state index in [-0.39, 0.29) is 23.7 Å². The van der Waals surface area contributed by atoms with Crippen molar-refractivity contribution in [1.29, 1.82) is 0 Å². The maximum absolute atomic E-state index is 12.9. The monoisotopic (exact) mass is 536 g/mol. The van der Waals surface area contributed by atoms with Gasteiger partial charge in [-0.3, -0.25) is 13.9 Å². The van der Waals surface area contributed by atoms with E-state index in [4.69, 9.17) is 4.74 Å². The molecule has 1 N–H and O–H groups in total. The third-order valence-electron chi connectivity index (χ3n) is 6.77. The van der Waals surface area contributed by atoms with Gasteiger partial charge in [0.1, 0.15) is 17.3 Å². The number of piperazine rings is 1. The number of aryl methyl sites for hydroxylation is 2. The molecule has 0 bridgehead atoms. The summed E-state index contributed by atoms with van der Waals surface area (Å²) in [4.78, 5) is 32.5. The Bertz CT molecular complexity index is 1550. The predicted octanol–water partition coefficient (Wildman–Crippen LogP) is 3.73. The molecule has 10 heteroatoms. The number of nitrogens with one attached hydrogen (secondary N) is 1. The van der Waals surface area contributed by atoms with Gasteiger partial charge in [0.15, 0.2) is 11.2 Å². The first-order valence-corrected chi connectivity index (χ1v) is 12.7. The zero-order valence-electron chi connectivity index (χ0n) is 21.9. The highest BCUT2D eigenvalue weighted by Crippen LogP contribution is 2.25. The summed E-state index contributed by atoms with van der Waals surface area (Å²) in [5.41, 5.74) is 2.37. The van der Waals surface area contributed by atoms with Gasteiger partial charge in [-0.2, -0.15) is 0 Å². The maximum Gasteiger partial charge on any atom is 0.332 e. The molecule has 1 aliphatic heterocycles. The lowest BCUT2D eigenvalue weighted by atomic mass is 10.2. The smallest absolute Gasteiger partial charge is 0.332 e. The van der Waals surface area contributed by atoms with Crippen LogP contribution in [0.25, 0.3) is 23.3 Å². The molecule has 0 unspecified atom stereocenters. The molecule has 0 atom stereocenters. The van der Waals surface area contributed by atoms with Gasteiger partial charge < -0.3 is 19.5 Å². The van der Waals surface area contributed by atoms with Crippen molar-refractivity contribution in [2.24, 2.45) is 7.05 Å². The van der Waals surface area contributed by atoms with Gasteiger partial charge in [0.05, 0.1) is 0 Å². The molecule has 3 heterocycles. The Morgan fingerprint density at radius 3 is 2.11 bits per heavy atom. The van der Waals surface area contributed by atoms with Crippen LogP contribution in [0.4, 0.5) is 5.69 Å². The van der Waals surface area contributed by atoms with Gasteiger partial charge in [-0.25, -0.2) is 9.78 Å². The molecule has 9 nitrogen and oxygen atoms in total. The van der Waals surface area contributed by atoms with Crippen LogP contribution in [0.1, 0.15) is 25.2 Å². The average molecular weight is 537 g/mol. The van der Waals surface area contributed by atoms with Crippen molar-refractivity contribution >= 4 is 41.4 Å². The quantitative estimate of drug-likeness (QED) is 0.387. The first kappa shape index (κ1) is 27.2. The molecule has 1 aliphatic rings. The average Bonchev–Trinajstić information content (AvgIpc) is 3.25. The fourth-order valence-electron chi connectivity index (χ4n) is 4.69. The number of imidazole rings is 1. The second-order valence-electron chi connectivity index (χ2n) is 9.01. The van der Waals surface area contributed by atoms with Crippen LogP contribution in [0.5, 0.6) is 11.5 Å². The first-order valence-electron chi connectivity index (χ1n) is 12.7. The lowest BCUT2D eigenvalue weighted by Crippen LogP contribution is -2.43. The second kappa shape index (κ2) is 11.7. The molecular weight excluding hydrogens is 504 g/mol. The van der Waals surface area contributed by atoms with Gasteiger partial charge in [0.25, 0.3) is 5.56 Å². The van der Waals surface area contributed by atoms with Crippen molar-refractivity contribution in [2.75, 3.05) is 31.1 Å². The lowest BCUT2D eigenvalue weighted by Gasteiger charge is -2.29. The minimum atomic E-state index is -0.329. The van der Waals surface area contributed by atoms with Gasteiger partial charge in [0, 0.05) is 52.0 Å². The van der Waals surface area contributed by atoms with Crippen molar-refractivity contribution in [1.82, 2.24) is 24.0 Å². The Hall–Kier alpha value is -3.82. The molecule has 0 radical (unpaired) electrons. The highest BCUT2D eigenvalue weighted by atomic mass is 35.5. The Morgan fingerprint density at radius 2 is 1.50 bits per heavy atom. The molecule has 0 saturated carbocycles. The molecule has 38 heavy (non-hydrogen) atoms. The van der Waals surface area contributed by atoms with Gasteiger partial charge in [-0.1, -0.05) is 18.2 Å². The van der Waals surface area contributed by atoms with Crippen LogP contribution in [-0.4, -0.2) is 44.9 Å². The largest absolute Gasteiger partial charge is 0.457 e. The molecule has 2 aromatic carbocycles. The van der Waals surface area contributed by atoms with E-state index < -0.39 is 0 Å². The zero-order valence-corrected chi connectivity index (χ0v) is 22.7. The number of aromatic nitrogens is 4. The number of hydrogen-bond acceptors (Lipinski definition) is 6. The maximum atomic E-state index is 12.9. The fraction of sp³-hybridized carbons (Fsp3) is 0.321. The number of fused-ring (bicyclic) bond motifs is 1. The molecule has 1 saturated heterocycles. The summed E-state index contributed by atoms with van der Waals surface area (Å²) >= 11 is 0. The van der Waals surface area contributed by atoms with Crippen LogP contribution in [0.2, 0.25) is 0 Å². The first-order chi connectivity index (χ1) is 18.0. The summed E-state index contributed by atoms with van der Waals surface area (Å²) < 4.78 is 10.6. The van der Waals surface area contributed by atoms with Gasteiger partial charge in [0.2, 0.25) is 0 Å². The number of hydrogen-bond donors (Lipinski definition) is 1. The van der Waals surface area contributed by atoms with Crippen LogP contribution < -0.4 is 26.2 Å². The topological polar surface area (TPSA) is 86.3 Å². The molecule has 1 fully saturated rings. The number of nitrogens with zero attached hydrogens (tertiary/aromatic N) is 5.